The van der Waals surface area contributed by atoms with Gasteiger partial charge in [0.25, 0.3) is 0 Å². The van der Waals surface area contributed by atoms with E-state index in [0.29, 0.717) is 95.1 Å². The Morgan fingerprint density at radius 3 is 1.41 bits per heavy atom. The van der Waals surface area contributed by atoms with Crippen LogP contribution in [0.3, 0.4) is 0 Å². The van der Waals surface area contributed by atoms with Gasteiger partial charge in [-0.05, 0) is 149 Å². The number of rotatable bonds is 22. The monoisotopic (exact) mass is 768 g/mol. The number of benzene rings is 4. The van der Waals surface area contributed by atoms with E-state index in [1.54, 1.807) is 18.2 Å². The number of hydrogen-bond donors (Lipinski definition) is 0. The van der Waals surface area contributed by atoms with Crippen LogP contribution in [0, 0.1) is 5.92 Å². The topological polar surface area (TPSA) is 90.9 Å². The molecule has 0 saturated heterocycles. The molecule has 0 N–H and O–H groups in total. The van der Waals surface area contributed by atoms with Gasteiger partial charge in [-0.15, -0.1) is 0 Å². The summed E-state index contributed by atoms with van der Waals surface area (Å²) in [5, 5.41) is 0. The maximum atomic E-state index is 11.3. The fourth-order valence-electron chi connectivity index (χ4n) is 7.24. The van der Waals surface area contributed by atoms with Crippen molar-refractivity contribution in [3.8, 4) is 46.0 Å². The first-order chi connectivity index (χ1) is 27.4. The predicted molar refractivity (Wildman–Crippen MR) is 221 cm³/mol. The molecule has 5 rings (SSSR count). The summed E-state index contributed by atoms with van der Waals surface area (Å²) in [5.74, 6) is 6.22. The molecule has 0 aromatic heterocycles. The molecule has 1 unspecified atom stereocenters. The van der Waals surface area contributed by atoms with E-state index in [2.05, 4.69) is 37.3 Å². The van der Waals surface area contributed by atoms with Crippen molar-refractivity contribution in [2.45, 2.75) is 87.0 Å². The van der Waals surface area contributed by atoms with Crippen molar-refractivity contribution in [3.63, 3.8) is 0 Å². The highest BCUT2D eigenvalue weighted by Gasteiger charge is 2.24. The van der Waals surface area contributed by atoms with Crippen LogP contribution in [0.1, 0.15) is 111 Å². The molecule has 1 aliphatic rings. The summed E-state index contributed by atoms with van der Waals surface area (Å²) < 4.78 is 49.3. The second-order valence-electron chi connectivity index (χ2n) is 13.7. The fourth-order valence-corrected chi connectivity index (χ4v) is 7.24. The Morgan fingerprint density at radius 1 is 0.464 bits per heavy atom. The quantitative estimate of drug-likeness (QED) is 0.0638. The van der Waals surface area contributed by atoms with E-state index in [1.165, 1.54) is 11.1 Å². The molecule has 4 aromatic carbocycles. The minimum Gasteiger partial charge on any atom is -0.494 e. The van der Waals surface area contributed by atoms with Crippen molar-refractivity contribution in [2.24, 2.45) is 5.92 Å². The standard InChI is InChI=1S/C47H60O9/c1-8-32(17-19-55-41-16-15-33(31-48)21-43(41)51-11-4)18-20-56-47-29-37-25-40-38(24-39(49-9-2)30-42(40)50-10-3)23-36-28-45(53-13-6)44(52-12-5)26-34(36)22-35(37)27-46(47)54-14-7/h15-16,21,24,26-32H,8-14,17-20,22-23,25H2,1-7H3. The molecule has 4 aromatic rings. The van der Waals surface area contributed by atoms with Crippen LogP contribution in [0.25, 0.3) is 0 Å². The Kier molecular flexibility index (Phi) is 16.0. The van der Waals surface area contributed by atoms with E-state index < -0.39 is 0 Å². The number of aldehydes is 1. The van der Waals surface area contributed by atoms with Crippen molar-refractivity contribution >= 4 is 6.29 Å². The van der Waals surface area contributed by atoms with Gasteiger partial charge in [0.2, 0.25) is 0 Å². The molecule has 302 valence electrons. The van der Waals surface area contributed by atoms with Crippen LogP contribution >= 0.6 is 0 Å². The lowest BCUT2D eigenvalue weighted by atomic mass is 9.93. The first-order valence-electron chi connectivity index (χ1n) is 20.5. The van der Waals surface area contributed by atoms with Gasteiger partial charge in [-0.25, -0.2) is 0 Å². The number of fused-ring (bicyclic) bond motifs is 3. The third kappa shape index (κ3) is 10.8. The molecule has 0 fully saturated rings. The second kappa shape index (κ2) is 21.3. The average Bonchev–Trinajstić information content (AvgIpc) is 3.24. The minimum absolute atomic E-state index is 0.390. The normalized spacial score (nSPS) is 12.4. The van der Waals surface area contributed by atoms with Crippen LogP contribution in [0.4, 0.5) is 0 Å². The van der Waals surface area contributed by atoms with Gasteiger partial charge in [0.1, 0.15) is 17.8 Å². The fraction of sp³-hybridized carbons (Fsp3) is 0.468. The number of carbonyl (C=O) groups is 1. The third-order valence-electron chi connectivity index (χ3n) is 9.99. The Labute approximate surface area is 333 Å². The first-order valence-corrected chi connectivity index (χ1v) is 20.5. The molecule has 9 heteroatoms. The number of hydrogen-bond acceptors (Lipinski definition) is 9. The molecule has 0 radical (unpaired) electrons. The van der Waals surface area contributed by atoms with Crippen LogP contribution in [0.5, 0.6) is 46.0 Å². The summed E-state index contributed by atoms with van der Waals surface area (Å²) in [4.78, 5) is 11.3. The van der Waals surface area contributed by atoms with Gasteiger partial charge in [0, 0.05) is 23.6 Å². The Hall–Kier alpha value is -5.05. The predicted octanol–water partition coefficient (Wildman–Crippen LogP) is 10.2. The van der Waals surface area contributed by atoms with Crippen LogP contribution in [0.2, 0.25) is 0 Å². The van der Waals surface area contributed by atoms with Gasteiger partial charge in [-0.2, -0.15) is 0 Å². The van der Waals surface area contributed by atoms with E-state index in [-0.39, 0.29) is 0 Å². The zero-order valence-electron chi connectivity index (χ0n) is 34.4. The number of carbonyl (C=O) groups excluding carboxylic acids is 1. The van der Waals surface area contributed by atoms with Gasteiger partial charge in [0.05, 0.1) is 52.9 Å². The highest BCUT2D eigenvalue weighted by molar-refractivity contribution is 5.76. The number of ether oxygens (including phenoxy) is 8. The van der Waals surface area contributed by atoms with E-state index in [9.17, 15) is 4.79 Å². The minimum atomic E-state index is 0.390. The Morgan fingerprint density at radius 2 is 0.911 bits per heavy atom. The molecule has 0 saturated carbocycles. The van der Waals surface area contributed by atoms with Crippen LogP contribution in [0.15, 0.2) is 54.6 Å². The molecule has 0 spiro atoms. The lowest BCUT2D eigenvalue weighted by molar-refractivity contribution is 0.112. The summed E-state index contributed by atoms with van der Waals surface area (Å²) >= 11 is 0. The summed E-state index contributed by atoms with van der Waals surface area (Å²) in [6, 6.07) is 18.1. The zero-order valence-corrected chi connectivity index (χ0v) is 34.4. The van der Waals surface area contributed by atoms with Crippen molar-refractivity contribution in [3.05, 3.63) is 93.5 Å². The molecular weight excluding hydrogens is 709 g/mol. The molecule has 0 aliphatic heterocycles. The van der Waals surface area contributed by atoms with Gasteiger partial charge >= 0.3 is 0 Å². The van der Waals surface area contributed by atoms with E-state index >= 15 is 0 Å². The van der Waals surface area contributed by atoms with Crippen LogP contribution in [-0.4, -0.2) is 59.1 Å². The van der Waals surface area contributed by atoms with Crippen molar-refractivity contribution in [1.29, 1.82) is 0 Å². The van der Waals surface area contributed by atoms with Crippen molar-refractivity contribution < 1.29 is 42.7 Å². The molecule has 0 amide bonds. The maximum Gasteiger partial charge on any atom is 0.161 e. The van der Waals surface area contributed by atoms with Gasteiger partial charge < -0.3 is 37.9 Å². The van der Waals surface area contributed by atoms with E-state index in [4.69, 9.17) is 37.9 Å². The van der Waals surface area contributed by atoms with Crippen molar-refractivity contribution in [2.75, 3.05) is 52.9 Å². The van der Waals surface area contributed by atoms with Gasteiger partial charge in [-0.3, -0.25) is 4.79 Å². The first kappa shape index (κ1) is 42.1. The smallest absolute Gasteiger partial charge is 0.161 e. The largest absolute Gasteiger partial charge is 0.494 e. The van der Waals surface area contributed by atoms with Gasteiger partial charge in [-0.1, -0.05) is 13.3 Å². The van der Waals surface area contributed by atoms with E-state index in [1.807, 2.05) is 47.6 Å². The average molecular weight is 769 g/mol. The Bertz CT molecular complexity index is 1880. The van der Waals surface area contributed by atoms with Crippen LogP contribution < -0.4 is 37.9 Å². The third-order valence-corrected chi connectivity index (χ3v) is 9.99. The summed E-state index contributed by atoms with van der Waals surface area (Å²) in [6.07, 6.45) is 5.56. The summed E-state index contributed by atoms with van der Waals surface area (Å²) in [7, 11) is 0. The molecule has 56 heavy (non-hydrogen) atoms. The molecule has 0 heterocycles. The highest BCUT2D eigenvalue weighted by atomic mass is 16.5. The summed E-state index contributed by atoms with van der Waals surface area (Å²) in [6.45, 7) is 18.4. The lowest BCUT2D eigenvalue weighted by Crippen LogP contribution is -2.12. The second-order valence-corrected chi connectivity index (χ2v) is 13.7. The molecule has 1 aliphatic carbocycles. The molecule has 9 nitrogen and oxygen atoms in total. The Balaban J connectivity index is 1.45. The maximum absolute atomic E-state index is 11.3. The molecule has 0 bridgehead atoms. The molecule has 1 atom stereocenters. The zero-order chi connectivity index (χ0) is 39.9. The van der Waals surface area contributed by atoms with Crippen molar-refractivity contribution in [1.82, 2.24) is 0 Å². The van der Waals surface area contributed by atoms with E-state index in [0.717, 1.165) is 82.3 Å². The SMILES string of the molecule is CCOc1cc2c(c(OCC)c1)Cc1cc(OCCC(CC)CCOc3ccc(C=O)cc3OCC)c(OCC)cc1Cc1cc(OCC)c(OCC)cc1C2. The molecular formula is C47H60O9. The van der Waals surface area contributed by atoms with Gasteiger partial charge in [0.15, 0.2) is 34.5 Å². The van der Waals surface area contributed by atoms with Crippen LogP contribution in [-0.2, 0) is 19.3 Å². The lowest BCUT2D eigenvalue weighted by Gasteiger charge is -2.21. The summed E-state index contributed by atoms with van der Waals surface area (Å²) in [5.41, 5.74) is 7.49. The highest BCUT2D eigenvalue weighted by Crippen LogP contribution is 2.42.